The molecule has 1 aromatic carbocycles. The van der Waals surface area contributed by atoms with Crippen molar-refractivity contribution in [1.29, 1.82) is 0 Å². The van der Waals surface area contributed by atoms with Crippen LogP contribution in [0.1, 0.15) is 75.8 Å². The molecule has 0 aromatic heterocycles. The molecule has 0 amide bonds. The third-order valence-electron chi connectivity index (χ3n) is 4.54. The van der Waals surface area contributed by atoms with Crippen molar-refractivity contribution in [3.63, 3.8) is 0 Å². The van der Waals surface area contributed by atoms with Crippen molar-refractivity contribution in [3.05, 3.63) is 41.5 Å². The maximum Gasteiger partial charge on any atom is 0.336 e. The lowest BCUT2D eigenvalue weighted by atomic mass is 10.1. The number of ether oxygens (including phenoxy) is 2. The first-order valence-corrected chi connectivity index (χ1v) is 10.2. The molecular formula is C23H34O4. The number of hydrogen-bond acceptors (Lipinski definition) is 4. The minimum atomic E-state index is -0.585. The Morgan fingerprint density at radius 1 is 0.815 bits per heavy atom. The summed E-state index contributed by atoms with van der Waals surface area (Å²) in [5, 5.41) is 0. The fourth-order valence-electron chi connectivity index (χ4n) is 2.70. The van der Waals surface area contributed by atoms with Gasteiger partial charge in [-0.25, -0.2) is 9.59 Å². The van der Waals surface area contributed by atoms with Gasteiger partial charge in [-0.15, -0.1) is 0 Å². The molecule has 0 radical (unpaired) electrons. The summed E-state index contributed by atoms with van der Waals surface area (Å²) < 4.78 is 10.3. The number of rotatable bonds is 13. The summed E-state index contributed by atoms with van der Waals surface area (Å²) in [5.41, 5.74) is 2.18. The fraction of sp³-hybridized carbons (Fsp3) is 0.565. The minimum absolute atomic E-state index is 0.394. The van der Waals surface area contributed by atoms with E-state index in [1.165, 1.54) is 44.9 Å². The number of esters is 2. The molecule has 0 aliphatic heterocycles. The monoisotopic (exact) mass is 374 g/mol. The Labute approximate surface area is 163 Å². The van der Waals surface area contributed by atoms with Gasteiger partial charge in [0.1, 0.15) is 5.75 Å². The van der Waals surface area contributed by atoms with E-state index < -0.39 is 11.9 Å². The van der Waals surface area contributed by atoms with E-state index in [0.29, 0.717) is 12.4 Å². The second-order valence-electron chi connectivity index (χ2n) is 7.00. The van der Waals surface area contributed by atoms with Crippen molar-refractivity contribution in [2.45, 2.75) is 78.6 Å². The molecule has 0 bridgehead atoms. The first-order chi connectivity index (χ1) is 13.0. The Morgan fingerprint density at radius 3 is 2.04 bits per heavy atom. The molecule has 0 atom stereocenters. The average Bonchev–Trinajstić information content (AvgIpc) is 2.64. The van der Waals surface area contributed by atoms with Crippen molar-refractivity contribution >= 4 is 11.9 Å². The molecule has 0 aliphatic rings. The topological polar surface area (TPSA) is 52.6 Å². The highest BCUT2D eigenvalue weighted by molar-refractivity contribution is 5.92. The third-order valence-corrected chi connectivity index (χ3v) is 4.54. The number of hydrogen-bond donors (Lipinski definition) is 0. The first kappa shape index (κ1) is 22.9. The van der Waals surface area contributed by atoms with Gasteiger partial charge in [-0.05, 0) is 43.5 Å². The highest BCUT2D eigenvalue weighted by Crippen LogP contribution is 2.16. The number of unbranched alkanes of at least 4 members (excludes halogenated alkanes) is 8. The Balaban J connectivity index is 2.10. The van der Waals surface area contributed by atoms with Gasteiger partial charge in [-0.1, -0.05) is 64.4 Å². The second-order valence-corrected chi connectivity index (χ2v) is 7.00. The Hall–Kier alpha value is -2.10. The van der Waals surface area contributed by atoms with Crippen molar-refractivity contribution in [2.75, 3.05) is 6.61 Å². The van der Waals surface area contributed by atoms with E-state index in [9.17, 15) is 9.59 Å². The molecule has 0 fully saturated rings. The standard InChI is InChI=1S/C23H34O4/c1-4-5-6-7-8-9-10-11-12-17-26-22(24)15-16-23(25)27-21-14-13-19(2)20(3)18-21/h13-16,18H,4-12,17H2,1-3H3/b16-15+. The van der Waals surface area contributed by atoms with Crippen LogP contribution in [0.4, 0.5) is 0 Å². The summed E-state index contributed by atoms with van der Waals surface area (Å²) >= 11 is 0. The van der Waals surface area contributed by atoms with Crippen LogP contribution in [-0.2, 0) is 14.3 Å². The molecule has 0 unspecified atom stereocenters. The van der Waals surface area contributed by atoms with Gasteiger partial charge in [0.15, 0.2) is 0 Å². The van der Waals surface area contributed by atoms with Crippen molar-refractivity contribution in [1.82, 2.24) is 0 Å². The predicted molar refractivity (Wildman–Crippen MR) is 109 cm³/mol. The molecule has 0 aliphatic carbocycles. The molecule has 150 valence electrons. The van der Waals surface area contributed by atoms with Crippen LogP contribution < -0.4 is 4.74 Å². The normalized spacial score (nSPS) is 10.9. The molecule has 0 N–H and O–H groups in total. The SMILES string of the molecule is CCCCCCCCCCCOC(=O)/C=C/C(=O)Oc1ccc(C)c(C)c1. The van der Waals surface area contributed by atoms with Crippen LogP contribution in [0.25, 0.3) is 0 Å². The van der Waals surface area contributed by atoms with E-state index in [1.54, 1.807) is 12.1 Å². The van der Waals surface area contributed by atoms with Gasteiger partial charge in [0.05, 0.1) is 6.61 Å². The first-order valence-electron chi connectivity index (χ1n) is 10.2. The summed E-state index contributed by atoms with van der Waals surface area (Å²) in [5.74, 6) is -0.624. The summed E-state index contributed by atoms with van der Waals surface area (Å²) in [7, 11) is 0. The molecular weight excluding hydrogens is 340 g/mol. The quantitative estimate of drug-likeness (QED) is 0.188. The number of carbonyl (C=O) groups excluding carboxylic acids is 2. The molecule has 27 heavy (non-hydrogen) atoms. The van der Waals surface area contributed by atoms with Gasteiger partial charge < -0.3 is 9.47 Å². The molecule has 0 saturated heterocycles. The largest absolute Gasteiger partial charge is 0.463 e. The van der Waals surface area contributed by atoms with Crippen molar-refractivity contribution in [3.8, 4) is 5.75 Å². The number of carbonyl (C=O) groups is 2. The molecule has 0 heterocycles. The van der Waals surface area contributed by atoms with Gasteiger partial charge in [-0.3, -0.25) is 0 Å². The lowest BCUT2D eigenvalue weighted by molar-refractivity contribution is -0.138. The van der Waals surface area contributed by atoms with Crippen LogP contribution in [0.15, 0.2) is 30.4 Å². The smallest absolute Gasteiger partial charge is 0.336 e. The van der Waals surface area contributed by atoms with E-state index in [0.717, 1.165) is 36.1 Å². The fourth-order valence-corrected chi connectivity index (χ4v) is 2.70. The van der Waals surface area contributed by atoms with Crippen LogP contribution >= 0.6 is 0 Å². The van der Waals surface area contributed by atoms with Crippen LogP contribution in [-0.4, -0.2) is 18.5 Å². The van der Waals surface area contributed by atoms with E-state index >= 15 is 0 Å². The van der Waals surface area contributed by atoms with Gasteiger partial charge in [-0.2, -0.15) is 0 Å². The lowest BCUT2D eigenvalue weighted by Crippen LogP contribution is -2.07. The molecule has 4 heteroatoms. The Bertz CT molecular complexity index is 604. The summed E-state index contributed by atoms with van der Waals surface area (Å²) in [6.07, 6.45) is 13.2. The molecule has 0 saturated carbocycles. The van der Waals surface area contributed by atoms with Crippen molar-refractivity contribution < 1.29 is 19.1 Å². The lowest BCUT2D eigenvalue weighted by Gasteiger charge is -2.05. The predicted octanol–water partition coefficient (Wildman–Crippen LogP) is 5.84. The minimum Gasteiger partial charge on any atom is -0.463 e. The third kappa shape index (κ3) is 11.3. The van der Waals surface area contributed by atoms with Crippen molar-refractivity contribution in [2.24, 2.45) is 0 Å². The average molecular weight is 375 g/mol. The van der Waals surface area contributed by atoms with Gasteiger partial charge in [0.2, 0.25) is 0 Å². The Morgan fingerprint density at radius 2 is 1.41 bits per heavy atom. The summed E-state index contributed by atoms with van der Waals surface area (Å²) in [6, 6.07) is 5.42. The van der Waals surface area contributed by atoms with E-state index in [1.807, 2.05) is 19.9 Å². The van der Waals surface area contributed by atoms with Crippen LogP contribution in [0, 0.1) is 13.8 Å². The molecule has 1 aromatic rings. The maximum absolute atomic E-state index is 11.7. The highest BCUT2D eigenvalue weighted by atomic mass is 16.5. The summed E-state index contributed by atoms with van der Waals surface area (Å²) in [6.45, 7) is 6.56. The summed E-state index contributed by atoms with van der Waals surface area (Å²) in [4.78, 5) is 23.4. The molecule has 0 spiro atoms. The zero-order valence-corrected chi connectivity index (χ0v) is 17.1. The van der Waals surface area contributed by atoms with E-state index in [-0.39, 0.29) is 0 Å². The zero-order valence-electron chi connectivity index (χ0n) is 17.1. The van der Waals surface area contributed by atoms with Gasteiger partial charge in [0.25, 0.3) is 0 Å². The molecule has 1 rings (SSSR count). The Kier molecular flexibility index (Phi) is 11.9. The van der Waals surface area contributed by atoms with Crippen LogP contribution in [0.2, 0.25) is 0 Å². The van der Waals surface area contributed by atoms with Gasteiger partial charge in [0, 0.05) is 12.2 Å². The number of aryl methyl sites for hydroxylation is 2. The zero-order chi connectivity index (χ0) is 19.9. The second kappa shape index (κ2) is 14.0. The van der Waals surface area contributed by atoms with E-state index in [2.05, 4.69) is 6.92 Å². The van der Waals surface area contributed by atoms with E-state index in [4.69, 9.17) is 9.47 Å². The highest BCUT2D eigenvalue weighted by Gasteiger charge is 2.04. The molecule has 4 nitrogen and oxygen atoms in total. The van der Waals surface area contributed by atoms with Gasteiger partial charge >= 0.3 is 11.9 Å². The van der Waals surface area contributed by atoms with Crippen LogP contribution in [0.3, 0.4) is 0 Å². The van der Waals surface area contributed by atoms with Crippen LogP contribution in [0.5, 0.6) is 5.75 Å². The number of benzene rings is 1. The maximum atomic E-state index is 11.7.